The molecule has 0 radical (unpaired) electrons. The summed E-state index contributed by atoms with van der Waals surface area (Å²) < 4.78 is 11.0. The minimum Gasteiger partial charge on any atom is -0.493 e. The molecule has 2 rings (SSSR count). The molecule has 21 heavy (non-hydrogen) atoms. The van der Waals surface area contributed by atoms with Gasteiger partial charge in [-0.05, 0) is 24.8 Å². The minimum absolute atomic E-state index is 0.0290. The van der Waals surface area contributed by atoms with Crippen molar-refractivity contribution in [2.45, 2.75) is 26.7 Å². The summed E-state index contributed by atoms with van der Waals surface area (Å²) in [5.41, 5.74) is 6.96. The van der Waals surface area contributed by atoms with Crippen molar-refractivity contribution in [1.82, 2.24) is 4.90 Å². The highest BCUT2D eigenvalue weighted by molar-refractivity contribution is 6.00. The van der Waals surface area contributed by atoms with Crippen LogP contribution in [-0.2, 0) is 0 Å². The standard InChI is InChI=1S/C16H24N2O3/c1-11(2)10-21-15-9-13(17)12(8-14(15)20-3)16(19)18-6-4-5-7-18/h8-9,11H,4-7,10,17H2,1-3H3. The fourth-order valence-corrected chi connectivity index (χ4v) is 2.38. The van der Waals surface area contributed by atoms with Crippen LogP contribution >= 0.6 is 0 Å². The Morgan fingerprint density at radius 2 is 1.95 bits per heavy atom. The molecule has 1 heterocycles. The molecule has 0 bridgehead atoms. The van der Waals surface area contributed by atoms with Crippen LogP contribution in [0.25, 0.3) is 0 Å². The van der Waals surface area contributed by atoms with E-state index in [1.807, 2.05) is 4.90 Å². The van der Waals surface area contributed by atoms with Gasteiger partial charge in [-0.2, -0.15) is 0 Å². The van der Waals surface area contributed by atoms with E-state index in [4.69, 9.17) is 15.2 Å². The van der Waals surface area contributed by atoms with Crippen LogP contribution in [0.15, 0.2) is 12.1 Å². The Hall–Kier alpha value is -1.91. The second kappa shape index (κ2) is 6.70. The predicted octanol–water partition coefficient (Wildman–Crippen LogP) is 2.55. The maximum Gasteiger partial charge on any atom is 0.256 e. The quantitative estimate of drug-likeness (QED) is 0.847. The third-order valence-corrected chi connectivity index (χ3v) is 3.53. The molecule has 116 valence electrons. The van der Waals surface area contributed by atoms with Gasteiger partial charge in [0, 0.05) is 24.8 Å². The first-order chi connectivity index (χ1) is 10.0. The highest BCUT2D eigenvalue weighted by Crippen LogP contribution is 2.33. The molecular formula is C16H24N2O3. The topological polar surface area (TPSA) is 64.8 Å². The van der Waals surface area contributed by atoms with Crippen LogP contribution in [0.1, 0.15) is 37.0 Å². The largest absolute Gasteiger partial charge is 0.493 e. The summed E-state index contributed by atoms with van der Waals surface area (Å²) in [5, 5.41) is 0. The molecule has 1 aliphatic heterocycles. The number of amides is 1. The molecule has 0 spiro atoms. The van der Waals surface area contributed by atoms with E-state index in [-0.39, 0.29) is 5.91 Å². The number of methoxy groups -OCH3 is 1. The fraction of sp³-hybridized carbons (Fsp3) is 0.562. The fourth-order valence-electron chi connectivity index (χ4n) is 2.38. The third-order valence-electron chi connectivity index (χ3n) is 3.53. The van der Waals surface area contributed by atoms with Gasteiger partial charge in [-0.1, -0.05) is 13.8 Å². The van der Waals surface area contributed by atoms with Gasteiger partial charge in [0.05, 0.1) is 19.3 Å². The predicted molar refractivity (Wildman–Crippen MR) is 82.9 cm³/mol. The zero-order valence-electron chi connectivity index (χ0n) is 13.0. The lowest BCUT2D eigenvalue weighted by atomic mass is 10.1. The molecular weight excluding hydrogens is 268 g/mol. The average Bonchev–Trinajstić information content (AvgIpc) is 2.98. The van der Waals surface area contributed by atoms with Crippen LogP contribution in [-0.4, -0.2) is 37.6 Å². The van der Waals surface area contributed by atoms with E-state index >= 15 is 0 Å². The minimum atomic E-state index is -0.0290. The number of nitrogen functional groups attached to an aromatic ring is 1. The molecule has 1 fully saturated rings. The summed E-state index contributed by atoms with van der Waals surface area (Å²) in [6.07, 6.45) is 2.11. The van der Waals surface area contributed by atoms with Crippen molar-refractivity contribution in [3.05, 3.63) is 17.7 Å². The van der Waals surface area contributed by atoms with Gasteiger partial charge in [-0.25, -0.2) is 0 Å². The highest BCUT2D eigenvalue weighted by Gasteiger charge is 2.23. The molecule has 5 heteroatoms. The van der Waals surface area contributed by atoms with Gasteiger partial charge in [0.25, 0.3) is 5.91 Å². The lowest BCUT2D eigenvalue weighted by Crippen LogP contribution is -2.28. The lowest BCUT2D eigenvalue weighted by molar-refractivity contribution is 0.0793. The Labute approximate surface area is 126 Å². The maximum atomic E-state index is 12.5. The van der Waals surface area contributed by atoms with Crippen LogP contribution in [0.5, 0.6) is 11.5 Å². The van der Waals surface area contributed by atoms with Gasteiger partial charge < -0.3 is 20.1 Å². The van der Waals surface area contributed by atoms with Crippen molar-refractivity contribution in [2.24, 2.45) is 5.92 Å². The molecule has 1 aromatic rings. The molecule has 0 saturated carbocycles. The molecule has 1 saturated heterocycles. The van der Waals surface area contributed by atoms with Crippen molar-refractivity contribution >= 4 is 11.6 Å². The van der Waals surface area contributed by atoms with E-state index in [9.17, 15) is 4.79 Å². The van der Waals surface area contributed by atoms with Crippen molar-refractivity contribution in [1.29, 1.82) is 0 Å². The number of anilines is 1. The van der Waals surface area contributed by atoms with Crippen LogP contribution in [0, 0.1) is 5.92 Å². The molecule has 5 nitrogen and oxygen atoms in total. The molecule has 0 aliphatic carbocycles. The summed E-state index contributed by atoms with van der Waals surface area (Å²) in [6, 6.07) is 3.37. The Balaban J connectivity index is 2.24. The number of nitrogens with zero attached hydrogens (tertiary/aromatic N) is 1. The van der Waals surface area contributed by atoms with E-state index in [2.05, 4.69) is 13.8 Å². The lowest BCUT2D eigenvalue weighted by Gasteiger charge is -2.19. The summed E-state index contributed by atoms with van der Waals surface area (Å²) in [7, 11) is 1.57. The number of ether oxygens (including phenoxy) is 2. The van der Waals surface area contributed by atoms with Crippen LogP contribution in [0.4, 0.5) is 5.69 Å². The normalized spacial score (nSPS) is 14.6. The van der Waals surface area contributed by atoms with Gasteiger partial charge in [-0.15, -0.1) is 0 Å². The van der Waals surface area contributed by atoms with Crippen molar-refractivity contribution < 1.29 is 14.3 Å². The molecule has 1 aromatic carbocycles. The first-order valence-corrected chi connectivity index (χ1v) is 7.42. The van der Waals surface area contributed by atoms with Crippen molar-refractivity contribution in [3.63, 3.8) is 0 Å². The zero-order chi connectivity index (χ0) is 15.4. The SMILES string of the molecule is COc1cc(C(=O)N2CCCC2)c(N)cc1OCC(C)C. The molecule has 0 unspecified atom stereocenters. The Kier molecular flexibility index (Phi) is 4.94. The second-order valence-corrected chi connectivity index (χ2v) is 5.79. The van der Waals surface area contributed by atoms with Crippen molar-refractivity contribution in [2.75, 3.05) is 32.5 Å². The van der Waals surface area contributed by atoms with Gasteiger partial charge in [0.1, 0.15) is 0 Å². The number of carbonyl (C=O) groups is 1. The summed E-state index contributed by atoms with van der Waals surface area (Å²) in [4.78, 5) is 14.3. The zero-order valence-corrected chi connectivity index (χ0v) is 13.0. The van der Waals surface area contributed by atoms with E-state index < -0.39 is 0 Å². The number of benzene rings is 1. The highest BCUT2D eigenvalue weighted by atomic mass is 16.5. The van der Waals surface area contributed by atoms with Gasteiger partial charge in [0.2, 0.25) is 0 Å². The summed E-state index contributed by atoms with van der Waals surface area (Å²) in [5.74, 6) is 1.51. The number of hydrogen-bond acceptors (Lipinski definition) is 4. The second-order valence-electron chi connectivity index (χ2n) is 5.79. The van der Waals surface area contributed by atoms with E-state index in [1.165, 1.54) is 0 Å². The number of carbonyl (C=O) groups excluding carboxylic acids is 1. The number of nitrogens with two attached hydrogens (primary N) is 1. The Bertz CT molecular complexity index is 508. The Morgan fingerprint density at radius 3 is 2.52 bits per heavy atom. The average molecular weight is 292 g/mol. The van der Waals surface area contributed by atoms with Crippen LogP contribution in [0.3, 0.4) is 0 Å². The van der Waals surface area contributed by atoms with Crippen LogP contribution in [0.2, 0.25) is 0 Å². The summed E-state index contributed by atoms with van der Waals surface area (Å²) in [6.45, 7) is 6.32. The molecule has 2 N–H and O–H groups in total. The third kappa shape index (κ3) is 3.60. The van der Waals surface area contributed by atoms with Crippen LogP contribution < -0.4 is 15.2 Å². The molecule has 0 atom stereocenters. The molecule has 1 aliphatic rings. The molecule has 0 aromatic heterocycles. The summed E-state index contributed by atoms with van der Waals surface area (Å²) >= 11 is 0. The number of rotatable bonds is 5. The van der Waals surface area contributed by atoms with Crippen molar-refractivity contribution in [3.8, 4) is 11.5 Å². The van der Waals surface area contributed by atoms with E-state index in [1.54, 1.807) is 19.2 Å². The Morgan fingerprint density at radius 1 is 1.29 bits per heavy atom. The van der Waals surface area contributed by atoms with Gasteiger partial charge >= 0.3 is 0 Å². The van der Waals surface area contributed by atoms with Gasteiger partial charge in [-0.3, -0.25) is 4.79 Å². The monoisotopic (exact) mass is 292 g/mol. The number of likely N-dealkylation sites (tertiary alicyclic amines) is 1. The first-order valence-electron chi connectivity index (χ1n) is 7.42. The van der Waals surface area contributed by atoms with E-state index in [0.717, 1.165) is 25.9 Å². The smallest absolute Gasteiger partial charge is 0.256 e. The maximum absolute atomic E-state index is 12.5. The van der Waals surface area contributed by atoms with Gasteiger partial charge in [0.15, 0.2) is 11.5 Å². The molecule has 1 amide bonds. The first kappa shape index (κ1) is 15.5. The number of hydrogen-bond donors (Lipinski definition) is 1. The van der Waals surface area contributed by atoms with E-state index in [0.29, 0.717) is 35.3 Å².